The Morgan fingerprint density at radius 3 is 2.45 bits per heavy atom. The second kappa shape index (κ2) is 8.76. The number of rotatable bonds is 5. The van der Waals surface area contributed by atoms with E-state index in [9.17, 15) is 18.0 Å². The van der Waals surface area contributed by atoms with Crippen molar-refractivity contribution in [2.24, 2.45) is 5.92 Å². The molecule has 8 nitrogen and oxygen atoms in total. The second-order valence-corrected chi connectivity index (χ2v) is 10.0. The molecule has 4 rings (SSSR count). The fourth-order valence-corrected chi connectivity index (χ4v) is 5.49. The van der Waals surface area contributed by atoms with E-state index in [1.54, 1.807) is 46.5 Å². The first kappa shape index (κ1) is 21.5. The zero-order valence-electron chi connectivity index (χ0n) is 17.5. The van der Waals surface area contributed by atoms with Crippen molar-refractivity contribution in [3.8, 4) is 0 Å². The predicted molar refractivity (Wildman–Crippen MR) is 114 cm³/mol. The lowest BCUT2D eigenvalue weighted by atomic mass is 10.1. The van der Waals surface area contributed by atoms with Crippen LogP contribution in [0, 0.1) is 12.8 Å². The number of carbonyl (C=O) groups is 2. The van der Waals surface area contributed by atoms with Crippen LogP contribution in [0.1, 0.15) is 17.5 Å². The van der Waals surface area contributed by atoms with Crippen LogP contribution in [0.15, 0.2) is 53.7 Å². The minimum Gasteiger partial charge on any atom is -0.340 e. The first-order chi connectivity index (χ1) is 14.8. The van der Waals surface area contributed by atoms with Crippen molar-refractivity contribution in [2.75, 3.05) is 32.7 Å². The van der Waals surface area contributed by atoms with Crippen LogP contribution in [-0.4, -0.2) is 72.0 Å². The van der Waals surface area contributed by atoms with Crippen LogP contribution in [0.4, 0.5) is 0 Å². The smallest absolute Gasteiger partial charge is 0.243 e. The molecule has 3 heterocycles. The summed E-state index contributed by atoms with van der Waals surface area (Å²) in [5.74, 6) is -0.498. The lowest BCUT2D eigenvalue weighted by molar-refractivity contribution is -0.137. The summed E-state index contributed by atoms with van der Waals surface area (Å²) in [5.41, 5.74) is 1.93. The highest BCUT2D eigenvalue weighted by Gasteiger charge is 2.38. The zero-order chi connectivity index (χ0) is 22.0. The molecule has 2 aliphatic heterocycles. The first-order valence-electron chi connectivity index (χ1n) is 10.4. The average molecular weight is 443 g/mol. The summed E-state index contributed by atoms with van der Waals surface area (Å²) < 4.78 is 27.1. The molecule has 0 aliphatic carbocycles. The highest BCUT2D eigenvalue weighted by molar-refractivity contribution is 7.89. The molecule has 2 amide bonds. The maximum atomic E-state index is 13.0. The number of benzene rings is 1. The van der Waals surface area contributed by atoms with Gasteiger partial charge in [0, 0.05) is 58.1 Å². The van der Waals surface area contributed by atoms with Crippen LogP contribution < -0.4 is 0 Å². The van der Waals surface area contributed by atoms with E-state index >= 15 is 0 Å². The molecule has 2 saturated heterocycles. The molecule has 2 aliphatic rings. The Hall–Kier alpha value is -2.78. The van der Waals surface area contributed by atoms with Gasteiger partial charge in [0.05, 0.1) is 10.8 Å². The van der Waals surface area contributed by atoms with Gasteiger partial charge in [-0.1, -0.05) is 23.8 Å². The molecule has 9 heteroatoms. The van der Waals surface area contributed by atoms with Gasteiger partial charge >= 0.3 is 0 Å². The number of aryl methyl sites for hydroxylation is 1. The van der Waals surface area contributed by atoms with Gasteiger partial charge in [-0.25, -0.2) is 8.42 Å². The molecule has 1 atom stereocenters. The van der Waals surface area contributed by atoms with Crippen molar-refractivity contribution in [1.82, 2.24) is 19.1 Å². The largest absolute Gasteiger partial charge is 0.340 e. The third-order valence-electron chi connectivity index (χ3n) is 5.87. The monoisotopic (exact) mass is 442 g/mol. The molecular formula is C22H26N4O4S. The van der Waals surface area contributed by atoms with E-state index in [2.05, 4.69) is 4.98 Å². The van der Waals surface area contributed by atoms with Crippen LogP contribution in [0.25, 0.3) is 0 Å². The average Bonchev–Trinajstić information content (AvgIpc) is 3.14. The summed E-state index contributed by atoms with van der Waals surface area (Å²) in [5, 5.41) is 0. The second-order valence-electron chi connectivity index (χ2n) is 8.08. The van der Waals surface area contributed by atoms with Gasteiger partial charge in [-0.2, -0.15) is 4.31 Å². The van der Waals surface area contributed by atoms with Gasteiger partial charge < -0.3 is 9.80 Å². The zero-order valence-corrected chi connectivity index (χ0v) is 18.3. The van der Waals surface area contributed by atoms with Crippen LogP contribution in [-0.2, 0) is 26.2 Å². The van der Waals surface area contributed by atoms with E-state index in [4.69, 9.17) is 0 Å². The summed E-state index contributed by atoms with van der Waals surface area (Å²) in [6.07, 6.45) is 3.59. The fraction of sp³-hybridized carbons (Fsp3) is 0.409. The molecule has 2 fully saturated rings. The molecule has 0 saturated carbocycles. The number of carbonyl (C=O) groups excluding carboxylic acids is 2. The third-order valence-corrected chi connectivity index (χ3v) is 7.78. The molecule has 0 spiro atoms. The van der Waals surface area contributed by atoms with Crippen molar-refractivity contribution in [3.05, 3.63) is 59.9 Å². The third kappa shape index (κ3) is 4.62. The minimum atomic E-state index is -3.57. The molecule has 1 aromatic heterocycles. The van der Waals surface area contributed by atoms with Crippen molar-refractivity contribution >= 4 is 21.8 Å². The highest BCUT2D eigenvalue weighted by atomic mass is 32.2. The minimum absolute atomic E-state index is 0.0391. The van der Waals surface area contributed by atoms with Crippen LogP contribution >= 0.6 is 0 Å². The van der Waals surface area contributed by atoms with Crippen molar-refractivity contribution in [2.45, 2.75) is 24.8 Å². The van der Waals surface area contributed by atoms with Gasteiger partial charge in [0.2, 0.25) is 21.8 Å². The Morgan fingerprint density at radius 2 is 1.81 bits per heavy atom. The number of likely N-dealkylation sites (tertiary alicyclic amines) is 1. The number of hydrogen-bond donors (Lipinski definition) is 0. The molecular weight excluding hydrogens is 416 g/mol. The topological polar surface area (TPSA) is 90.9 Å². The number of sulfonamides is 1. The Morgan fingerprint density at radius 1 is 1.10 bits per heavy atom. The molecule has 1 unspecified atom stereocenters. The van der Waals surface area contributed by atoms with Gasteiger partial charge in [0.15, 0.2) is 0 Å². The Bertz CT molecular complexity index is 1050. The van der Waals surface area contributed by atoms with E-state index in [-0.39, 0.29) is 42.1 Å². The lowest BCUT2D eigenvalue weighted by Crippen LogP contribution is -2.52. The maximum Gasteiger partial charge on any atom is 0.243 e. The van der Waals surface area contributed by atoms with Crippen LogP contribution in [0.3, 0.4) is 0 Å². The van der Waals surface area contributed by atoms with E-state index in [0.29, 0.717) is 26.2 Å². The number of pyridine rings is 1. The number of hydrogen-bond acceptors (Lipinski definition) is 5. The normalized spacial score (nSPS) is 20.3. The van der Waals surface area contributed by atoms with Gasteiger partial charge in [-0.05, 0) is 30.7 Å². The SMILES string of the molecule is Cc1ccc(S(=O)(=O)N2CCN(C(=O)C3CC(=O)N(Cc4cccnc4)C3)CC2)cc1. The molecule has 2 aromatic rings. The summed E-state index contributed by atoms with van der Waals surface area (Å²) in [7, 11) is -3.57. The van der Waals surface area contributed by atoms with Gasteiger partial charge in [0.1, 0.15) is 0 Å². The van der Waals surface area contributed by atoms with Gasteiger partial charge in [-0.3, -0.25) is 14.6 Å². The number of nitrogens with zero attached hydrogens (tertiary/aromatic N) is 4. The highest BCUT2D eigenvalue weighted by Crippen LogP contribution is 2.24. The van der Waals surface area contributed by atoms with Crippen LogP contribution in [0.5, 0.6) is 0 Å². The Kier molecular flexibility index (Phi) is 6.06. The van der Waals surface area contributed by atoms with Crippen molar-refractivity contribution in [1.29, 1.82) is 0 Å². The Balaban J connectivity index is 1.34. The van der Waals surface area contributed by atoms with E-state index < -0.39 is 10.0 Å². The van der Waals surface area contributed by atoms with E-state index in [0.717, 1.165) is 11.1 Å². The van der Waals surface area contributed by atoms with Crippen molar-refractivity contribution in [3.63, 3.8) is 0 Å². The fourth-order valence-electron chi connectivity index (χ4n) is 4.07. The van der Waals surface area contributed by atoms with Crippen molar-refractivity contribution < 1.29 is 18.0 Å². The maximum absolute atomic E-state index is 13.0. The molecule has 1 aromatic carbocycles. The summed E-state index contributed by atoms with van der Waals surface area (Å²) >= 11 is 0. The van der Waals surface area contributed by atoms with Gasteiger partial charge in [0.25, 0.3) is 0 Å². The molecule has 164 valence electrons. The van der Waals surface area contributed by atoms with Gasteiger partial charge in [-0.15, -0.1) is 0 Å². The summed E-state index contributed by atoms with van der Waals surface area (Å²) in [6, 6.07) is 10.5. The van der Waals surface area contributed by atoms with Crippen LogP contribution in [0.2, 0.25) is 0 Å². The summed E-state index contributed by atoms with van der Waals surface area (Å²) in [4.78, 5) is 33.1. The quantitative estimate of drug-likeness (QED) is 0.696. The Labute approximate surface area is 182 Å². The van der Waals surface area contributed by atoms with E-state index in [1.807, 2.05) is 19.1 Å². The number of aromatic nitrogens is 1. The number of piperazine rings is 1. The lowest BCUT2D eigenvalue weighted by Gasteiger charge is -2.35. The molecule has 0 bridgehead atoms. The standard InChI is InChI=1S/C22H26N4O4S/c1-17-4-6-20(7-5-17)31(29,30)26-11-9-24(10-12-26)22(28)19-13-21(27)25(16-19)15-18-3-2-8-23-14-18/h2-8,14,19H,9-13,15-16H2,1H3. The summed E-state index contributed by atoms with van der Waals surface area (Å²) in [6.45, 7) is 3.90. The van der Waals surface area contributed by atoms with E-state index in [1.165, 1.54) is 4.31 Å². The molecule has 0 radical (unpaired) electrons. The molecule has 0 N–H and O–H groups in total. The molecule has 31 heavy (non-hydrogen) atoms. The number of amides is 2. The first-order valence-corrected chi connectivity index (χ1v) is 11.8. The predicted octanol–water partition coefficient (Wildman–Crippen LogP) is 1.27.